The smallest absolute Gasteiger partial charge is 0.133 e. The molecular weight excluding hydrogens is 274 g/mol. The van der Waals surface area contributed by atoms with E-state index in [0.717, 1.165) is 5.56 Å². The predicted octanol–water partition coefficient (Wildman–Crippen LogP) is 3.17. The molecule has 2 aromatic rings. The zero-order valence-corrected chi connectivity index (χ0v) is 11.9. The second-order valence-corrected chi connectivity index (χ2v) is 4.80. The van der Waals surface area contributed by atoms with Gasteiger partial charge in [-0.1, -0.05) is 36.4 Å². The van der Waals surface area contributed by atoms with Crippen LogP contribution in [-0.4, -0.2) is 7.11 Å². The van der Waals surface area contributed by atoms with Crippen LogP contribution in [0.4, 0.5) is 8.78 Å². The number of ether oxygens (including phenoxy) is 1. The molecule has 5 heteroatoms. The third-order valence-corrected chi connectivity index (χ3v) is 3.49. The highest BCUT2D eigenvalue weighted by molar-refractivity contribution is 5.32. The van der Waals surface area contributed by atoms with E-state index in [1.807, 2.05) is 30.3 Å². The molecule has 0 aromatic heterocycles. The van der Waals surface area contributed by atoms with Crippen molar-refractivity contribution in [1.29, 1.82) is 0 Å². The Morgan fingerprint density at radius 1 is 1.10 bits per heavy atom. The van der Waals surface area contributed by atoms with Gasteiger partial charge in [-0.2, -0.15) is 0 Å². The molecule has 21 heavy (non-hydrogen) atoms. The number of nitrogens with two attached hydrogens (primary N) is 1. The number of methoxy groups -OCH3 is 1. The van der Waals surface area contributed by atoms with E-state index in [0.29, 0.717) is 5.56 Å². The summed E-state index contributed by atoms with van der Waals surface area (Å²) in [6.07, 6.45) is -0.609. The Balaban J connectivity index is 2.51. The molecule has 0 amide bonds. The predicted molar refractivity (Wildman–Crippen MR) is 77.4 cm³/mol. The summed E-state index contributed by atoms with van der Waals surface area (Å²) in [5.74, 6) is 4.27. The minimum atomic E-state index is -0.836. The zero-order chi connectivity index (χ0) is 15.4. The average Bonchev–Trinajstić information content (AvgIpc) is 2.51. The third-order valence-electron chi connectivity index (χ3n) is 3.49. The molecule has 0 bridgehead atoms. The lowest BCUT2D eigenvalue weighted by molar-refractivity contribution is 0.0651. The molecule has 0 fully saturated rings. The molecule has 0 heterocycles. The van der Waals surface area contributed by atoms with Crippen LogP contribution in [-0.2, 0) is 4.74 Å². The van der Waals surface area contributed by atoms with E-state index >= 15 is 0 Å². The molecule has 0 aliphatic heterocycles. The van der Waals surface area contributed by atoms with Gasteiger partial charge in [-0.05, 0) is 24.1 Å². The van der Waals surface area contributed by atoms with Crippen molar-refractivity contribution in [3.63, 3.8) is 0 Å². The number of hydrogen-bond acceptors (Lipinski definition) is 3. The fourth-order valence-corrected chi connectivity index (χ4v) is 2.39. The molecule has 2 aromatic carbocycles. The van der Waals surface area contributed by atoms with Crippen molar-refractivity contribution in [3.05, 3.63) is 70.8 Å². The summed E-state index contributed by atoms with van der Waals surface area (Å²) in [7, 11) is 1.48. The molecule has 2 rings (SSSR count). The van der Waals surface area contributed by atoms with Crippen molar-refractivity contribution in [2.24, 2.45) is 5.84 Å². The molecule has 0 saturated carbocycles. The minimum Gasteiger partial charge on any atom is -0.375 e. The number of halogens is 2. The van der Waals surface area contributed by atoms with Gasteiger partial charge >= 0.3 is 0 Å². The molecule has 0 aliphatic carbocycles. The van der Waals surface area contributed by atoms with Crippen LogP contribution >= 0.6 is 0 Å². The summed E-state index contributed by atoms with van der Waals surface area (Å²) >= 11 is 0. The summed E-state index contributed by atoms with van der Waals surface area (Å²) in [6.45, 7) is 1.58. The number of benzene rings is 2. The van der Waals surface area contributed by atoms with Gasteiger partial charge in [-0.25, -0.2) is 14.2 Å². The Hall–Kier alpha value is -1.82. The van der Waals surface area contributed by atoms with Gasteiger partial charge in [-0.15, -0.1) is 0 Å². The molecule has 2 atom stereocenters. The van der Waals surface area contributed by atoms with E-state index in [4.69, 9.17) is 10.6 Å². The lowest BCUT2D eigenvalue weighted by Crippen LogP contribution is -2.34. The van der Waals surface area contributed by atoms with Crippen molar-refractivity contribution in [3.8, 4) is 0 Å². The van der Waals surface area contributed by atoms with Crippen molar-refractivity contribution in [1.82, 2.24) is 5.43 Å². The van der Waals surface area contributed by atoms with Gasteiger partial charge < -0.3 is 4.74 Å². The van der Waals surface area contributed by atoms with Gasteiger partial charge in [0.15, 0.2) is 0 Å². The first-order valence-electron chi connectivity index (χ1n) is 6.58. The van der Waals surface area contributed by atoms with Crippen LogP contribution < -0.4 is 11.3 Å². The zero-order valence-electron chi connectivity index (χ0n) is 11.9. The SMILES string of the molecule is COC(c1ccccc1)C(NN)c1c(F)ccc(C)c1F. The van der Waals surface area contributed by atoms with Crippen LogP contribution in [0.2, 0.25) is 0 Å². The molecule has 112 valence electrons. The van der Waals surface area contributed by atoms with Crippen molar-refractivity contribution in [2.45, 2.75) is 19.1 Å². The summed E-state index contributed by atoms with van der Waals surface area (Å²) in [5, 5.41) is 0. The highest BCUT2D eigenvalue weighted by atomic mass is 19.1. The van der Waals surface area contributed by atoms with E-state index in [1.165, 1.54) is 19.2 Å². The van der Waals surface area contributed by atoms with Crippen LogP contribution in [0, 0.1) is 18.6 Å². The lowest BCUT2D eigenvalue weighted by atomic mass is 9.94. The minimum absolute atomic E-state index is 0.117. The van der Waals surface area contributed by atoms with Crippen LogP contribution in [0.15, 0.2) is 42.5 Å². The summed E-state index contributed by atoms with van der Waals surface area (Å²) in [6, 6.07) is 11.0. The van der Waals surface area contributed by atoms with Crippen molar-refractivity contribution in [2.75, 3.05) is 7.11 Å². The molecular formula is C16H18F2N2O. The standard InChI is InChI=1S/C16H18F2N2O/c1-10-8-9-12(17)13(14(10)18)15(20-19)16(21-2)11-6-4-3-5-7-11/h3-9,15-16,20H,19H2,1-2H3. The second-order valence-electron chi connectivity index (χ2n) is 4.80. The second kappa shape index (κ2) is 6.76. The average molecular weight is 292 g/mol. The number of hydrogen-bond donors (Lipinski definition) is 2. The van der Waals surface area contributed by atoms with E-state index in [2.05, 4.69) is 5.43 Å². The van der Waals surface area contributed by atoms with Crippen LogP contribution in [0.3, 0.4) is 0 Å². The Labute approximate surface area is 122 Å². The van der Waals surface area contributed by atoms with Crippen LogP contribution in [0.5, 0.6) is 0 Å². The third kappa shape index (κ3) is 3.10. The molecule has 0 aliphatic rings. The van der Waals surface area contributed by atoms with Gasteiger partial charge in [0, 0.05) is 12.7 Å². The van der Waals surface area contributed by atoms with Crippen molar-refractivity contribution >= 4 is 0 Å². The molecule has 2 unspecified atom stereocenters. The van der Waals surface area contributed by atoms with Gasteiger partial charge in [0.05, 0.1) is 6.04 Å². The van der Waals surface area contributed by atoms with E-state index < -0.39 is 23.8 Å². The highest BCUT2D eigenvalue weighted by Crippen LogP contribution is 2.34. The first kappa shape index (κ1) is 15.6. The molecule has 3 nitrogen and oxygen atoms in total. The van der Waals surface area contributed by atoms with Gasteiger partial charge in [0.1, 0.15) is 17.7 Å². The largest absolute Gasteiger partial charge is 0.375 e. The van der Waals surface area contributed by atoms with Gasteiger partial charge in [0.2, 0.25) is 0 Å². The number of hydrazine groups is 1. The van der Waals surface area contributed by atoms with E-state index in [9.17, 15) is 8.78 Å². The first-order valence-corrected chi connectivity index (χ1v) is 6.58. The maximum Gasteiger partial charge on any atom is 0.133 e. The summed E-state index contributed by atoms with van der Waals surface area (Å²) in [5.41, 5.74) is 3.49. The Morgan fingerprint density at radius 2 is 1.76 bits per heavy atom. The normalized spacial score (nSPS) is 14.0. The lowest BCUT2D eigenvalue weighted by Gasteiger charge is -2.27. The number of rotatable bonds is 5. The summed E-state index contributed by atoms with van der Waals surface area (Å²) < 4.78 is 33.8. The van der Waals surface area contributed by atoms with Crippen molar-refractivity contribution < 1.29 is 13.5 Å². The van der Waals surface area contributed by atoms with Crippen LogP contribution in [0.1, 0.15) is 28.8 Å². The molecule has 0 spiro atoms. The Bertz CT molecular complexity index is 605. The monoisotopic (exact) mass is 292 g/mol. The van der Waals surface area contributed by atoms with Gasteiger partial charge in [0.25, 0.3) is 0 Å². The molecule has 3 N–H and O–H groups in total. The molecule has 0 saturated heterocycles. The number of nitrogens with one attached hydrogen (secondary N) is 1. The molecule has 0 radical (unpaired) electrons. The first-order chi connectivity index (χ1) is 10.1. The maximum absolute atomic E-state index is 14.3. The van der Waals surface area contributed by atoms with E-state index in [1.54, 1.807) is 6.92 Å². The summed E-state index contributed by atoms with van der Waals surface area (Å²) in [4.78, 5) is 0. The quantitative estimate of drug-likeness (QED) is 0.657. The topological polar surface area (TPSA) is 47.3 Å². The highest BCUT2D eigenvalue weighted by Gasteiger charge is 2.29. The Kier molecular flexibility index (Phi) is 5.01. The fourth-order valence-electron chi connectivity index (χ4n) is 2.39. The fraction of sp³-hybridized carbons (Fsp3) is 0.250. The number of aryl methyl sites for hydroxylation is 1. The maximum atomic E-state index is 14.3. The van der Waals surface area contributed by atoms with Gasteiger partial charge in [-0.3, -0.25) is 5.84 Å². The van der Waals surface area contributed by atoms with E-state index in [-0.39, 0.29) is 5.56 Å². The van der Waals surface area contributed by atoms with Crippen LogP contribution in [0.25, 0.3) is 0 Å². The Morgan fingerprint density at radius 3 is 2.33 bits per heavy atom.